The summed E-state index contributed by atoms with van der Waals surface area (Å²) in [6, 6.07) is 11.8. The summed E-state index contributed by atoms with van der Waals surface area (Å²) in [5.74, 6) is 0.754. The van der Waals surface area contributed by atoms with E-state index in [2.05, 4.69) is 15.8 Å². The molecule has 8 nitrogen and oxygen atoms in total. The fraction of sp³-hybridized carbons (Fsp3) is 0.250. The zero-order valence-corrected chi connectivity index (χ0v) is 18.2. The Morgan fingerprint density at radius 2 is 1.75 bits per heavy atom. The van der Waals surface area contributed by atoms with Crippen molar-refractivity contribution < 1.29 is 14.1 Å². The molecule has 164 valence electrons. The molecule has 0 saturated carbocycles. The van der Waals surface area contributed by atoms with Crippen LogP contribution in [0.5, 0.6) is 0 Å². The molecular weight excluding hydrogens is 408 g/mol. The second kappa shape index (κ2) is 8.66. The number of hydrogen-bond donors (Lipinski definition) is 2. The van der Waals surface area contributed by atoms with E-state index in [0.29, 0.717) is 5.69 Å². The number of hydrazone groups is 1. The third kappa shape index (κ3) is 4.25. The molecule has 3 aromatic rings. The standard InChI is InChI=1S/C24H24N4O4/c1-14-7-8-18(13-15(14)2)25-24(29)23-16(3)22-20(5-4-6-21(22)32-23)27-26-17-9-11-19(12-10-17)28(30)31/h7-13,26H,4-6H2,1-3H3,(H,25,29)/b27-20+. The Hall–Kier alpha value is -3.94. The first kappa shape index (κ1) is 21.3. The number of non-ortho nitro benzene ring substituents is 1. The van der Waals surface area contributed by atoms with Gasteiger partial charge in [0.05, 0.1) is 16.3 Å². The van der Waals surface area contributed by atoms with Crippen molar-refractivity contribution in [3.05, 3.63) is 86.4 Å². The molecule has 1 aliphatic carbocycles. The Bertz CT molecular complexity index is 1230. The van der Waals surface area contributed by atoms with Crippen molar-refractivity contribution in [1.82, 2.24) is 0 Å². The lowest BCUT2D eigenvalue weighted by molar-refractivity contribution is -0.384. The molecule has 0 fully saturated rings. The first-order valence-electron chi connectivity index (χ1n) is 10.4. The number of nitro groups is 1. The fourth-order valence-corrected chi connectivity index (χ4v) is 3.79. The predicted molar refractivity (Wildman–Crippen MR) is 124 cm³/mol. The van der Waals surface area contributed by atoms with Crippen LogP contribution in [0.25, 0.3) is 0 Å². The maximum Gasteiger partial charge on any atom is 0.291 e. The number of furan rings is 1. The van der Waals surface area contributed by atoms with E-state index in [4.69, 9.17) is 4.42 Å². The summed E-state index contributed by atoms with van der Waals surface area (Å²) >= 11 is 0. The highest BCUT2D eigenvalue weighted by atomic mass is 16.6. The molecule has 2 N–H and O–H groups in total. The first-order chi connectivity index (χ1) is 15.3. The van der Waals surface area contributed by atoms with Crippen LogP contribution < -0.4 is 10.7 Å². The third-order valence-corrected chi connectivity index (χ3v) is 5.69. The second-order valence-corrected chi connectivity index (χ2v) is 7.94. The largest absolute Gasteiger partial charge is 0.455 e. The molecule has 0 atom stereocenters. The summed E-state index contributed by atoms with van der Waals surface area (Å²) in [4.78, 5) is 23.3. The maximum atomic E-state index is 12.9. The second-order valence-electron chi connectivity index (χ2n) is 7.94. The van der Waals surface area contributed by atoms with Gasteiger partial charge in [-0.1, -0.05) is 6.07 Å². The molecule has 0 unspecified atom stereocenters. The van der Waals surface area contributed by atoms with Crippen LogP contribution in [-0.2, 0) is 6.42 Å². The highest BCUT2D eigenvalue weighted by molar-refractivity contribution is 6.09. The smallest absolute Gasteiger partial charge is 0.291 e. The summed E-state index contributed by atoms with van der Waals surface area (Å²) < 4.78 is 5.95. The Morgan fingerprint density at radius 3 is 2.44 bits per heavy atom. The number of nitrogens with zero attached hydrogens (tertiary/aromatic N) is 2. The summed E-state index contributed by atoms with van der Waals surface area (Å²) in [5.41, 5.74) is 9.03. The number of aryl methyl sites for hydroxylation is 3. The zero-order valence-electron chi connectivity index (χ0n) is 18.2. The number of fused-ring (bicyclic) bond motifs is 1. The average Bonchev–Trinajstić information content (AvgIpc) is 3.12. The topological polar surface area (TPSA) is 110 Å². The van der Waals surface area contributed by atoms with E-state index in [1.807, 2.05) is 39.0 Å². The number of benzene rings is 2. The van der Waals surface area contributed by atoms with E-state index in [1.165, 1.54) is 12.1 Å². The van der Waals surface area contributed by atoms with Gasteiger partial charge >= 0.3 is 0 Å². The van der Waals surface area contributed by atoms with Gasteiger partial charge in [-0.05, 0) is 69.0 Å². The normalized spacial score (nSPS) is 14.2. The number of nitrogens with one attached hydrogen (secondary N) is 2. The molecule has 2 aromatic carbocycles. The van der Waals surface area contributed by atoms with Gasteiger partial charge in [0.15, 0.2) is 5.76 Å². The molecule has 0 bridgehead atoms. The number of carbonyl (C=O) groups excluding carboxylic acids is 1. The fourth-order valence-electron chi connectivity index (χ4n) is 3.79. The van der Waals surface area contributed by atoms with Crippen LogP contribution in [0.15, 0.2) is 52.0 Å². The minimum absolute atomic E-state index is 0.0215. The molecule has 4 rings (SSSR count). The highest BCUT2D eigenvalue weighted by Crippen LogP contribution is 2.31. The van der Waals surface area contributed by atoms with Gasteiger partial charge in [0, 0.05) is 35.4 Å². The van der Waals surface area contributed by atoms with E-state index in [9.17, 15) is 14.9 Å². The van der Waals surface area contributed by atoms with Gasteiger partial charge in [-0.2, -0.15) is 5.10 Å². The Morgan fingerprint density at radius 1 is 1.03 bits per heavy atom. The van der Waals surface area contributed by atoms with E-state index in [0.717, 1.165) is 58.7 Å². The van der Waals surface area contributed by atoms with Crippen LogP contribution in [-0.4, -0.2) is 16.5 Å². The molecule has 0 spiro atoms. The Labute approximate surface area is 185 Å². The van der Waals surface area contributed by atoms with Gasteiger partial charge in [0.25, 0.3) is 11.6 Å². The van der Waals surface area contributed by atoms with Crippen LogP contribution in [0, 0.1) is 30.9 Å². The maximum absolute atomic E-state index is 12.9. The molecule has 1 amide bonds. The lowest BCUT2D eigenvalue weighted by Gasteiger charge is -2.13. The lowest BCUT2D eigenvalue weighted by atomic mass is 9.93. The Balaban J connectivity index is 1.56. The third-order valence-electron chi connectivity index (χ3n) is 5.69. The van der Waals surface area contributed by atoms with Crippen molar-refractivity contribution in [3.8, 4) is 0 Å². The van der Waals surface area contributed by atoms with E-state index in [-0.39, 0.29) is 17.4 Å². The van der Waals surface area contributed by atoms with Gasteiger partial charge in [-0.25, -0.2) is 0 Å². The monoisotopic (exact) mass is 432 g/mol. The molecule has 1 heterocycles. The summed E-state index contributed by atoms with van der Waals surface area (Å²) in [6.07, 6.45) is 2.34. The van der Waals surface area contributed by atoms with E-state index in [1.54, 1.807) is 12.1 Å². The number of hydrogen-bond acceptors (Lipinski definition) is 6. The molecule has 0 radical (unpaired) electrons. The molecule has 32 heavy (non-hydrogen) atoms. The predicted octanol–water partition coefficient (Wildman–Crippen LogP) is 5.52. The summed E-state index contributed by atoms with van der Waals surface area (Å²) in [7, 11) is 0. The van der Waals surface area contributed by atoms with Crippen molar-refractivity contribution in [2.24, 2.45) is 5.10 Å². The van der Waals surface area contributed by atoms with Crippen molar-refractivity contribution in [3.63, 3.8) is 0 Å². The van der Waals surface area contributed by atoms with Crippen LogP contribution in [0.1, 0.15) is 51.4 Å². The molecule has 1 aliphatic rings. The SMILES string of the molecule is Cc1ccc(NC(=O)c2oc3c(c2C)/C(=N/Nc2ccc([N+](=O)[O-])cc2)CCC3)cc1C. The summed E-state index contributed by atoms with van der Waals surface area (Å²) in [5, 5.41) is 18.2. The first-order valence-corrected chi connectivity index (χ1v) is 10.4. The van der Waals surface area contributed by atoms with Crippen LogP contribution >= 0.6 is 0 Å². The van der Waals surface area contributed by atoms with E-state index >= 15 is 0 Å². The summed E-state index contributed by atoms with van der Waals surface area (Å²) in [6.45, 7) is 5.89. The molecular formula is C24H24N4O4. The minimum Gasteiger partial charge on any atom is -0.455 e. The minimum atomic E-state index is -0.442. The van der Waals surface area contributed by atoms with Gasteiger partial charge in [0.1, 0.15) is 5.76 Å². The van der Waals surface area contributed by atoms with Crippen molar-refractivity contribution in [2.75, 3.05) is 10.7 Å². The number of nitro benzene ring substituents is 1. The molecule has 8 heteroatoms. The van der Waals surface area contributed by atoms with Crippen molar-refractivity contribution >= 4 is 28.7 Å². The van der Waals surface area contributed by atoms with Gasteiger partial charge < -0.3 is 9.73 Å². The quantitative estimate of drug-likeness (QED) is 0.408. The molecule has 0 aliphatic heterocycles. The molecule has 0 saturated heterocycles. The molecule has 1 aromatic heterocycles. The Kier molecular flexibility index (Phi) is 5.77. The van der Waals surface area contributed by atoms with Crippen molar-refractivity contribution in [1.29, 1.82) is 0 Å². The number of amides is 1. The van der Waals surface area contributed by atoms with E-state index < -0.39 is 4.92 Å². The number of anilines is 2. The average molecular weight is 432 g/mol. The van der Waals surface area contributed by atoms with Crippen LogP contribution in [0.2, 0.25) is 0 Å². The van der Waals surface area contributed by atoms with Gasteiger partial charge in [-0.15, -0.1) is 0 Å². The zero-order chi connectivity index (χ0) is 22.8. The number of rotatable bonds is 5. The van der Waals surface area contributed by atoms with Crippen LogP contribution in [0.4, 0.5) is 17.1 Å². The lowest BCUT2D eigenvalue weighted by Crippen LogP contribution is -2.14. The van der Waals surface area contributed by atoms with Gasteiger partial charge in [0.2, 0.25) is 0 Å². The van der Waals surface area contributed by atoms with Crippen LogP contribution in [0.3, 0.4) is 0 Å². The number of carbonyl (C=O) groups is 1. The van der Waals surface area contributed by atoms with Gasteiger partial charge in [-0.3, -0.25) is 20.3 Å². The highest BCUT2D eigenvalue weighted by Gasteiger charge is 2.28. The van der Waals surface area contributed by atoms with Crippen molar-refractivity contribution in [2.45, 2.75) is 40.0 Å².